The van der Waals surface area contributed by atoms with Gasteiger partial charge in [-0.15, -0.1) is 11.3 Å². The molecule has 0 bridgehead atoms. The van der Waals surface area contributed by atoms with Gasteiger partial charge in [0.15, 0.2) is 6.61 Å². The van der Waals surface area contributed by atoms with Gasteiger partial charge in [0.05, 0.1) is 5.00 Å². The Hall–Kier alpha value is -2.94. The fourth-order valence-electron chi connectivity index (χ4n) is 2.17. The summed E-state index contributed by atoms with van der Waals surface area (Å²) >= 11 is 1.07. The Morgan fingerprint density at radius 2 is 1.89 bits per heavy atom. The highest BCUT2D eigenvalue weighted by Crippen LogP contribution is 2.29. The van der Waals surface area contributed by atoms with Crippen molar-refractivity contribution in [2.24, 2.45) is 12.5 Å². The summed E-state index contributed by atoms with van der Waals surface area (Å²) in [6.45, 7) is 6.48. The van der Waals surface area contributed by atoms with Crippen molar-refractivity contribution >= 4 is 40.0 Å². The number of hydrogen-bond donors (Lipinski definition) is 2. The quantitative estimate of drug-likeness (QED) is 0.744. The minimum atomic E-state index is -0.727. The number of imide groups is 1. The lowest BCUT2D eigenvalue weighted by Gasteiger charge is -2.16. The van der Waals surface area contributed by atoms with Gasteiger partial charge in [-0.2, -0.15) is 0 Å². The van der Waals surface area contributed by atoms with E-state index in [1.807, 2.05) is 0 Å². The molecule has 0 aliphatic heterocycles. The SMILES string of the molecule is Cc1cc(NC(=O)C(C)(C)C)sc1C(=O)OCC(=O)NC(=O)c1cccn1C. The number of rotatable bonds is 5. The van der Waals surface area contributed by atoms with Crippen molar-refractivity contribution in [3.63, 3.8) is 0 Å². The molecule has 0 unspecified atom stereocenters. The van der Waals surface area contributed by atoms with Crippen molar-refractivity contribution in [3.05, 3.63) is 40.5 Å². The van der Waals surface area contributed by atoms with E-state index in [1.165, 1.54) is 0 Å². The van der Waals surface area contributed by atoms with Crippen molar-refractivity contribution in [1.29, 1.82) is 0 Å². The Bertz CT molecular complexity index is 920. The third-order valence-corrected chi connectivity index (χ3v) is 4.92. The summed E-state index contributed by atoms with van der Waals surface area (Å²) in [6.07, 6.45) is 1.68. The van der Waals surface area contributed by atoms with E-state index in [4.69, 9.17) is 4.74 Å². The standard InChI is InChI=1S/C19H23N3O5S/c1-11-9-14(21-18(26)19(2,3)4)28-15(11)17(25)27-10-13(23)20-16(24)12-7-6-8-22(12)5/h6-9H,10H2,1-5H3,(H,21,26)(H,20,23,24). The van der Waals surface area contributed by atoms with E-state index >= 15 is 0 Å². The molecule has 2 heterocycles. The maximum atomic E-state index is 12.2. The largest absolute Gasteiger partial charge is 0.451 e. The third kappa shape index (κ3) is 5.29. The van der Waals surface area contributed by atoms with Gasteiger partial charge in [0.1, 0.15) is 10.6 Å². The van der Waals surface area contributed by atoms with Crippen LogP contribution in [-0.2, 0) is 21.4 Å². The summed E-state index contributed by atoms with van der Waals surface area (Å²) in [4.78, 5) is 48.4. The lowest BCUT2D eigenvalue weighted by atomic mass is 9.96. The Morgan fingerprint density at radius 3 is 2.46 bits per heavy atom. The Labute approximate surface area is 166 Å². The molecule has 8 nitrogen and oxygen atoms in total. The van der Waals surface area contributed by atoms with Crippen molar-refractivity contribution < 1.29 is 23.9 Å². The molecule has 150 valence electrons. The third-order valence-electron chi connectivity index (χ3n) is 3.78. The number of carbonyl (C=O) groups is 4. The Balaban J connectivity index is 1.92. The minimum Gasteiger partial charge on any atom is -0.451 e. The van der Waals surface area contributed by atoms with Crippen LogP contribution in [-0.4, -0.2) is 34.9 Å². The van der Waals surface area contributed by atoms with Crippen LogP contribution in [0.15, 0.2) is 24.4 Å². The number of aromatic nitrogens is 1. The maximum Gasteiger partial charge on any atom is 0.349 e. The second-order valence-electron chi connectivity index (χ2n) is 7.28. The Kier molecular flexibility index (Phi) is 6.40. The van der Waals surface area contributed by atoms with Gasteiger partial charge in [-0.3, -0.25) is 19.7 Å². The second kappa shape index (κ2) is 8.39. The van der Waals surface area contributed by atoms with Gasteiger partial charge in [-0.05, 0) is 30.7 Å². The molecule has 9 heteroatoms. The maximum absolute atomic E-state index is 12.2. The predicted molar refractivity (Wildman–Crippen MR) is 105 cm³/mol. The number of carbonyl (C=O) groups excluding carboxylic acids is 4. The van der Waals surface area contributed by atoms with Crippen molar-refractivity contribution in [1.82, 2.24) is 9.88 Å². The first-order valence-corrected chi connectivity index (χ1v) is 9.35. The molecular weight excluding hydrogens is 382 g/mol. The molecule has 2 aromatic rings. The van der Waals surface area contributed by atoms with Crippen LogP contribution in [0.2, 0.25) is 0 Å². The van der Waals surface area contributed by atoms with Crippen LogP contribution in [0.3, 0.4) is 0 Å². The van der Waals surface area contributed by atoms with Crippen molar-refractivity contribution in [2.45, 2.75) is 27.7 Å². The molecule has 2 rings (SSSR count). The zero-order valence-electron chi connectivity index (χ0n) is 16.4. The molecule has 0 spiro atoms. The van der Waals surface area contributed by atoms with Crippen LogP contribution in [0.1, 0.15) is 46.5 Å². The van der Waals surface area contributed by atoms with Crippen LogP contribution >= 0.6 is 11.3 Å². The van der Waals surface area contributed by atoms with Gasteiger partial charge in [-0.25, -0.2) is 4.79 Å². The van der Waals surface area contributed by atoms with E-state index < -0.39 is 29.8 Å². The average molecular weight is 405 g/mol. The normalized spacial score (nSPS) is 11.0. The second-order valence-corrected chi connectivity index (χ2v) is 8.34. The van der Waals surface area contributed by atoms with E-state index in [1.54, 1.807) is 63.7 Å². The van der Waals surface area contributed by atoms with E-state index in [9.17, 15) is 19.2 Å². The minimum absolute atomic E-state index is 0.174. The number of amides is 3. The monoisotopic (exact) mass is 405 g/mol. The van der Waals surface area contributed by atoms with E-state index in [-0.39, 0.29) is 10.8 Å². The molecule has 0 aliphatic rings. The highest BCUT2D eigenvalue weighted by atomic mass is 32.1. The fourth-order valence-corrected chi connectivity index (χ4v) is 3.13. The fraction of sp³-hybridized carbons (Fsp3) is 0.368. The van der Waals surface area contributed by atoms with Gasteiger partial charge in [0, 0.05) is 18.7 Å². The summed E-state index contributed by atoms with van der Waals surface area (Å²) in [6, 6.07) is 4.91. The number of nitrogens with zero attached hydrogens (tertiary/aromatic N) is 1. The highest BCUT2D eigenvalue weighted by Gasteiger charge is 2.23. The number of anilines is 1. The molecule has 0 aromatic carbocycles. The van der Waals surface area contributed by atoms with Crippen molar-refractivity contribution in [2.75, 3.05) is 11.9 Å². The van der Waals surface area contributed by atoms with Crippen LogP contribution in [0, 0.1) is 12.3 Å². The van der Waals surface area contributed by atoms with Gasteiger partial charge in [0.25, 0.3) is 11.8 Å². The summed E-state index contributed by atoms with van der Waals surface area (Å²) in [5.74, 6) is -2.17. The molecule has 0 atom stereocenters. The Morgan fingerprint density at radius 1 is 1.21 bits per heavy atom. The van der Waals surface area contributed by atoms with Crippen LogP contribution in [0.4, 0.5) is 5.00 Å². The molecule has 2 aromatic heterocycles. The number of hydrogen-bond acceptors (Lipinski definition) is 6. The highest BCUT2D eigenvalue weighted by molar-refractivity contribution is 7.18. The summed E-state index contributed by atoms with van der Waals surface area (Å²) in [5.41, 5.74) is 0.370. The lowest BCUT2D eigenvalue weighted by Crippen LogP contribution is -2.35. The molecule has 0 fully saturated rings. The van der Waals surface area contributed by atoms with Gasteiger partial charge < -0.3 is 14.6 Å². The number of nitrogens with one attached hydrogen (secondary N) is 2. The van der Waals surface area contributed by atoms with E-state index in [2.05, 4.69) is 10.6 Å². The van der Waals surface area contributed by atoms with Crippen LogP contribution < -0.4 is 10.6 Å². The molecule has 28 heavy (non-hydrogen) atoms. The van der Waals surface area contributed by atoms with Gasteiger partial charge in [0.2, 0.25) is 5.91 Å². The molecule has 0 radical (unpaired) electrons. The number of esters is 1. The molecule has 0 aliphatic carbocycles. The van der Waals surface area contributed by atoms with Crippen molar-refractivity contribution in [3.8, 4) is 0 Å². The van der Waals surface area contributed by atoms with Gasteiger partial charge in [-0.1, -0.05) is 20.8 Å². The van der Waals surface area contributed by atoms with E-state index in [0.717, 1.165) is 11.3 Å². The zero-order valence-corrected chi connectivity index (χ0v) is 17.2. The summed E-state index contributed by atoms with van der Waals surface area (Å²) in [7, 11) is 1.68. The predicted octanol–water partition coefficient (Wildman–Crippen LogP) is 2.49. The van der Waals surface area contributed by atoms with Crippen LogP contribution in [0.5, 0.6) is 0 Å². The summed E-state index contributed by atoms with van der Waals surface area (Å²) < 4.78 is 6.56. The topological polar surface area (TPSA) is 106 Å². The first-order valence-electron chi connectivity index (χ1n) is 8.53. The lowest BCUT2D eigenvalue weighted by molar-refractivity contribution is -0.123. The molecule has 2 N–H and O–H groups in total. The van der Waals surface area contributed by atoms with E-state index in [0.29, 0.717) is 16.3 Å². The first kappa shape index (κ1) is 21.4. The summed E-state index contributed by atoms with van der Waals surface area (Å²) in [5, 5.41) is 5.44. The number of thiophene rings is 1. The molecule has 0 saturated carbocycles. The molecular formula is C19H23N3O5S. The van der Waals surface area contributed by atoms with Crippen LogP contribution in [0.25, 0.3) is 0 Å². The average Bonchev–Trinajstić information content (AvgIpc) is 3.17. The molecule has 0 saturated heterocycles. The van der Waals surface area contributed by atoms with Gasteiger partial charge >= 0.3 is 5.97 Å². The first-order chi connectivity index (χ1) is 13.0. The number of aryl methyl sites for hydroxylation is 2. The number of ether oxygens (including phenoxy) is 1. The molecule has 3 amide bonds. The zero-order chi connectivity index (χ0) is 21.1. The smallest absolute Gasteiger partial charge is 0.349 e.